The number of aliphatic imine (C=N–C) groups is 1. The van der Waals surface area contributed by atoms with E-state index in [1.54, 1.807) is 0 Å². The van der Waals surface area contributed by atoms with Crippen LogP contribution in [0.2, 0.25) is 0 Å². The molecule has 12 nitrogen and oxygen atoms in total. The Morgan fingerprint density at radius 1 is 1.17 bits per heavy atom. The number of carbonyl (C=O) groups is 1. The van der Waals surface area contributed by atoms with E-state index in [2.05, 4.69) is 10.3 Å². The fraction of sp³-hybridized carbons (Fsp3) is 0.778. The van der Waals surface area contributed by atoms with Crippen LogP contribution in [0.3, 0.4) is 0 Å². The number of amides is 1. The van der Waals surface area contributed by atoms with E-state index in [1.807, 2.05) is 0 Å². The average molecular weight is 375 g/mol. The van der Waals surface area contributed by atoms with Crippen LogP contribution in [0, 0.1) is 0 Å². The van der Waals surface area contributed by atoms with Crippen molar-refractivity contribution in [1.29, 1.82) is 0 Å². The van der Waals surface area contributed by atoms with Crippen LogP contribution in [0.4, 0.5) is 0 Å². The van der Waals surface area contributed by atoms with E-state index >= 15 is 0 Å². The number of hydrogen-bond acceptors (Lipinski definition) is 5. The number of carbonyl (C=O) groups excluding carboxylic acids is 1. The van der Waals surface area contributed by atoms with Crippen molar-refractivity contribution in [2.45, 2.75) is 18.9 Å². The zero-order valence-corrected chi connectivity index (χ0v) is 14.4. The second-order valence-electron chi connectivity index (χ2n) is 4.78. The molecule has 23 heavy (non-hydrogen) atoms. The van der Waals surface area contributed by atoms with Gasteiger partial charge in [0, 0.05) is 6.54 Å². The Morgan fingerprint density at radius 2 is 1.65 bits per heavy atom. The molecule has 0 saturated heterocycles. The van der Waals surface area contributed by atoms with Gasteiger partial charge in [-0.25, -0.2) is 0 Å². The number of likely N-dealkylation sites (N-methyl/N-ethyl adjacent to an activating group) is 1. The molecule has 0 fully saturated rings. The molecule has 9 N–H and O–H groups in total. The SMILES string of the molecule is CN[C@@H](CCCN=C(N)N)C(=O)N(CP(=O)(O)O)CP(=O)(O)O. The van der Waals surface area contributed by atoms with Gasteiger partial charge in [0.15, 0.2) is 5.96 Å². The summed E-state index contributed by atoms with van der Waals surface area (Å²) < 4.78 is 22.1. The first-order chi connectivity index (χ1) is 10.4. The number of rotatable bonds is 10. The van der Waals surface area contributed by atoms with Crippen molar-refractivity contribution in [3.8, 4) is 0 Å². The fourth-order valence-corrected chi connectivity index (χ4v) is 3.27. The van der Waals surface area contributed by atoms with Crippen molar-refractivity contribution in [2.75, 3.05) is 26.2 Å². The third-order valence-electron chi connectivity index (χ3n) is 2.61. The molecule has 0 unspecified atom stereocenters. The smallest absolute Gasteiger partial charge is 0.344 e. The first kappa shape index (κ1) is 22.0. The quantitative estimate of drug-likeness (QED) is 0.0940. The second kappa shape index (κ2) is 9.33. The molecule has 0 aromatic heterocycles. The Balaban J connectivity index is 4.96. The highest BCUT2D eigenvalue weighted by Gasteiger charge is 2.32. The summed E-state index contributed by atoms with van der Waals surface area (Å²) in [5.41, 5.74) is 10.3. The van der Waals surface area contributed by atoms with Crippen LogP contribution >= 0.6 is 15.2 Å². The summed E-state index contributed by atoms with van der Waals surface area (Å²) >= 11 is 0. The van der Waals surface area contributed by atoms with Gasteiger partial charge in [-0.15, -0.1) is 0 Å². The Hall–Kier alpha value is -1.00. The summed E-state index contributed by atoms with van der Waals surface area (Å²) in [5, 5.41) is 2.63. The molecule has 0 heterocycles. The maximum Gasteiger partial charge on any atom is 0.344 e. The van der Waals surface area contributed by atoms with Crippen LogP contribution < -0.4 is 16.8 Å². The Morgan fingerprint density at radius 3 is 2.00 bits per heavy atom. The van der Waals surface area contributed by atoms with Crippen molar-refractivity contribution in [2.24, 2.45) is 16.5 Å². The van der Waals surface area contributed by atoms with Gasteiger partial charge in [-0.05, 0) is 19.9 Å². The molecule has 14 heteroatoms. The van der Waals surface area contributed by atoms with Gasteiger partial charge in [0.25, 0.3) is 0 Å². The molecule has 1 atom stereocenters. The third-order valence-corrected chi connectivity index (χ3v) is 4.03. The van der Waals surface area contributed by atoms with E-state index < -0.39 is 39.7 Å². The molecular formula is C9H23N5O7P2. The van der Waals surface area contributed by atoms with E-state index in [1.165, 1.54) is 7.05 Å². The lowest BCUT2D eigenvalue weighted by molar-refractivity contribution is -0.132. The summed E-state index contributed by atoms with van der Waals surface area (Å²) in [5.74, 6) is -0.939. The molecule has 0 bridgehead atoms. The number of nitrogens with one attached hydrogen (secondary N) is 1. The van der Waals surface area contributed by atoms with E-state index in [0.717, 1.165) is 0 Å². The zero-order chi connectivity index (χ0) is 18.3. The minimum atomic E-state index is -4.68. The summed E-state index contributed by atoms with van der Waals surface area (Å²) in [7, 11) is -7.91. The Kier molecular flexibility index (Phi) is 8.93. The standard InChI is InChI=1S/C9H23N5O7P2/c1-12-7(3-2-4-13-9(10)11)8(15)14(5-22(16,17)18)6-23(19,20)21/h7,12H,2-6H2,1H3,(H4,10,11,13)(H2,16,17,18)(H2,19,20,21)/t7-/m0/s1. The van der Waals surface area contributed by atoms with Gasteiger partial charge < -0.3 is 41.3 Å². The zero-order valence-electron chi connectivity index (χ0n) is 12.6. The van der Waals surface area contributed by atoms with Gasteiger partial charge in [-0.3, -0.25) is 18.9 Å². The fourth-order valence-electron chi connectivity index (χ4n) is 1.74. The van der Waals surface area contributed by atoms with E-state index in [9.17, 15) is 13.9 Å². The molecule has 0 radical (unpaired) electrons. The van der Waals surface area contributed by atoms with Crippen LogP contribution in [0.25, 0.3) is 0 Å². The molecule has 1 amide bonds. The van der Waals surface area contributed by atoms with E-state index in [0.29, 0.717) is 11.3 Å². The molecule has 0 aliphatic rings. The lowest BCUT2D eigenvalue weighted by Crippen LogP contribution is -2.46. The van der Waals surface area contributed by atoms with Gasteiger partial charge in [0.05, 0.1) is 6.04 Å². The van der Waals surface area contributed by atoms with Crippen molar-refractivity contribution in [3.05, 3.63) is 0 Å². The molecule has 0 aromatic rings. The Bertz CT molecular complexity index is 488. The number of nitrogens with zero attached hydrogens (tertiary/aromatic N) is 2. The van der Waals surface area contributed by atoms with E-state index in [4.69, 9.17) is 31.0 Å². The summed E-state index contributed by atoms with van der Waals surface area (Å²) in [6.07, 6.45) is -1.56. The predicted molar refractivity (Wildman–Crippen MR) is 83.4 cm³/mol. The molecule has 0 saturated carbocycles. The van der Waals surface area contributed by atoms with Crippen molar-refractivity contribution < 1.29 is 33.5 Å². The van der Waals surface area contributed by atoms with Gasteiger partial charge in [-0.1, -0.05) is 0 Å². The minimum Gasteiger partial charge on any atom is -0.370 e. The van der Waals surface area contributed by atoms with Gasteiger partial charge in [0.2, 0.25) is 5.91 Å². The van der Waals surface area contributed by atoms with Crippen LogP contribution in [0.15, 0.2) is 4.99 Å². The molecule has 0 aliphatic heterocycles. The molecule has 136 valence electrons. The highest BCUT2D eigenvalue weighted by molar-refractivity contribution is 7.52. The monoisotopic (exact) mass is 375 g/mol. The maximum absolute atomic E-state index is 12.2. The van der Waals surface area contributed by atoms with Gasteiger partial charge >= 0.3 is 15.2 Å². The van der Waals surface area contributed by atoms with Crippen molar-refractivity contribution >= 4 is 27.1 Å². The second-order valence-corrected chi connectivity index (χ2v) is 8.00. The molecule has 0 aliphatic carbocycles. The molecular weight excluding hydrogens is 352 g/mol. The molecule has 0 rings (SSSR count). The lowest BCUT2D eigenvalue weighted by Gasteiger charge is -2.27. The minimum absolute atomic E-state index is 0.109. The normalized spacial score (nSPS) is 13.4. The molecule has 0 spiro atoms. The van der Waals surface area contributed by atoms with Gasteiger partial charge in [0.1, 0.15) is 12.6 Å². The number of guanidine groups is 1. The maximum atomic E-state index is 12.2. The topological polar surface area (TPSA) is 212 Å². The predicted octanol–water partition coefficient (Wildman–Crippen LogP) is -2.27. The number of hydrogen-bond donors (Lipinski definition) is 7. The Labute approximate surface area is 133 Å². The van der Waals surface area contributed by atoms with Crippen LogP contribution in [0.1, 0.15) is 12.8 Å². The van der Waals surface area contributed by atoms with Crippen LogP contribution in [-0.4, -0.2) is 68.5 Å². The van der Waals surface area contributed by atoms with Crippen LogP contribution in [-0.2, 0) is 13.9 Å². The van der Waals surface area contributed by atoms with E-state index in [-0.39, 0.29) is 18.9 Å². The largest absolute Gasteiger partial charge is 0.370 e. The number of nitrogens with two attached hydrogens (primary N) is 2. The highest BCUT2D eigenvalue weighted by Crippen LogP contribution is 2.41. The van der Waals surface area contributed by atoms with Crippen molar-refractivity contribution in [3.63, 3.8) is 0 Å². The highest BCUT2D eigenvalue weighted by atomic mass is 31.2. The first-order valence-electron chi connectivity index (χ1n) is 6.46. The van der Waals surface area contributed by atoms with Gasteiger partial charge in [-0.2, -0.15) is 0 Å². The average Bonchev–Trinajstić information content (AvgIpc) is 2.33. The molecule has 0 aromatic carbocycles. The first-order valence-corrected chi connectivity index (χ1v) is 10.1. The third kappa shape index (κ3) is 11.2. The summed E-state index contributed by atoms with van der Waals surface area (Å²) in [6, 6.07) is -0.887. The summed E-state index contributed by atoms with van der Waals surface area (Å²) in [6.45, 7) is 0.241. The van der Waals surface area contributed by atoms with Crippen molar-refractivity contribution in [1.82, 2.24) is 10.2 Å². The van der Waals surface area contributed by atoms with Crippen LogP contribution in [0.5, 0.6) is 0 Å². The summed E-state index contributed by atoms with van der Waals surface area (Å²) in [4.78, 5) is 52.3. The lowest BCUT2D eigenvalue weighted by atomic mass is 10.1.